The smallest absolute Gasteiger partial charge is 0.332 e. The second-order valence-electron chi connectivity index (χ2n) is 7.49. The van der Waals surface area contributed by atoms with Crippen LogP contribution in [-0.4, -0.2) is 20.2 Å². The van der Waals surface area contributed by atoms with E-state index in [1.54, 1.807) is 4.57 Å². The van der Waals surface area contributed by atoms with Gasteiger partial charge in [-0.05, 0) is 42.7 Å². The van der Waals surface area contributed by atoms with Gasteiger partial charge in [0.2, 0.25) is 0 Å². The van der Waals surface area contributed by atoms with Crippen molar-refractivity contribution in [2.45, 2.75) is 45.7 Å². The zero-order valence-corrected chi connectivity index (χ0v) is 16.5. The number of benzene rings is 1. The van der Waals surface area contributed by atoms with Gasteiger partial charge in [0.05, 0.1) is 5.39 Å². The zero-order chi connectivity index (χ0) is 19.8. The highest BCUT2D eigenvalue weighted by Gasteiger charge is 2.26. The van der Waals surface area contributed by atoms with Crippen molar-refractivity contribution in [1.82, 2.24) is 9.13 Å². The molecule has 0 radical (unpaired) electrons. The molecule has 0 saturated heterocycles. The summed E-state index contributed by atoms with van der Waals surface area (Å²) in [4.78, 5) is 39.1. The molecule has 3 aromatic rings. The van der Waals surface area contributed by atoms with Crippen LogP contribution in [0.5, 0.6) is 0 Å². The van der Waals surface area contributed by atoms with Crippen molar-refractivity contribution in [3.63, 3.8) is 0 Å². The van der Waals surface area contributed by atoms with E-state index >= 15 is 0 Å². The van der Waals surface area contributed by atoms with Gasteiger partial charge in [-0.25, -0.2) is 9.36 Å². The number of aryl methyl sites for hydroxylation is 3. The number of aromatic nitrogens is 2. The first-order chi connectivity index (χ1) is 13.5. The lowest BCUT2D eigenvalue weighted by atomic mass is 9.89. The lowest BCUT2D eigenvalue weighted by molar-refractivity contribution is -0.137. The minimum Gasteiger partial charge on any atom is -0.480 e. The Morgan fingerprint density at radius 1 is 1.21 bits per heavy atom. The first-order valence-electron chi connectivity index (χ1n) is 9.49. The highest BCUT2D eigenvalue weighted by molar-refractivity contribution is 7.18. The van der Waals surface area contributed by atoms with Gasteiger partial charge >= 0.3 is 11.7 Å². The molecule has 6 nitrogen and oxygen atoms in total. The van der Waals surface area contributed by atoms with Gasteiger partial charge in [-0.2, -0.15) is 0 Å². The van der Waals surface area contributed by atoms with Crippen molar-refractivity contribution >= 4 is 27.5 Å². The first kappa shape index (κ1) is 18.7. The van der Waals surface area contributed by atoms with Crippen molar-refractivity contribution in [2.75, 3.05) is 0 Å². The number of rotatable bonds is 5. The summed E-state index contributed by atoms with van der Waals surface area (Å²) < 4.78 is 2.47. The molecule has 1 unspecified atom stereocenters. The molecular weight excluding hydrogens is 376 g/mol. The summed E-state index contributed by atoms with van der Waals surface area (Å²) in [6, 6.07) is 9.83. The largest absolute Gasteiger partial charge is 0.480 e. The Bertz CT molecular complexity index is 1160. The van der Waals surface area contributed by atoms with E-state index in [2.05, 4.69) is 6.92 Å². The van der Waals surface area contributed by atoms with Crippen LogP contribution < -0.4 is 11.2 Å². The van der Waals surface area contributed by atoms with Crippen molar-refractivity contribution in [2.24, 2.45) is 5.92 Å². The minimum absolute atomic E-state index is 0.411. The molecule has 0 saturated carbocycles. The quantitative estimate of drug-likeness (QED) is 0.716. The van der Waals surface area contributed by atoms with Crippen LogP contribution in [0.4, 0.5) is 0 Å². The van der Waals surface area contributed by atoms with Gasteiger partial charge in [0.1, 0.15) is 11.4 Å². The maximum atomic E-state index is 13.0. The molecular formula is C21H22N2O4S. The number of carbonyl (C=O) groups is 1. The molecule has 0 aliphatic heterocycles. The predicted octanol–water partition coefficient (Wildman–Crippen LogP) is 2.68. The Balaban J connectivity index is 1.90. The van der Waals surface area contributed by atoms with Crippen molar-refractivity contribution in [3.8, 4) is 0 Å². The highest BCUT2D eigenvalue weighted by atomic mass is 32.1. The predicted molar refractivity (Wildman–Crippen MR) is 109 cm³/mol. The first-order valence-corrected chi connectivity index (χ1v) is 10.3. The fourth-order valence-corrected chi connectivity index (χ4v) is 5.48. The molecule has 146 valence electrons. The number of carboxylic acid groups (broad SMARTS) is 1. The summed E-state index contributed by atoms with van der Waals surface area (Å²) in [6.45, 7) is 1.99. The molecule has 0 spiro atoms. The van der Waals surface area contributed by atoms with Crippen LogP contribution in [0, 0.1) is 5.92 Å². The van der Waals surface area contributed by atoms with E-state index in [-0.39, 0.29) is 0 Å². The second kappa shape index (κ2) is 7.39. The number of thiophene rings is 1. The Labute approximate surface area is 165 Å². The number of nitrogens with zero attached hydrogens (tertiary/aromatic N) is 2. The molecule has 1 aromatic carbocycles. The molecule has 4 rings (SSSR count). The molecule has 2 aromatic heterocycles. The third kappa shape index (κ3) is 3.30. The maximum Gasteiger partial charge on any atom is 0.332 e. The van der Waals surface area contributed by atoms with Crippen molar-refractivity contribution in [3.05, 3.63) is 67.2 Å². The summed E-state index contributed by atoms with van der Waals surface area (Å²) in [5.74, 6) is -0.642. The van der Waals surface area contributed by atoms with E-state index in [0.29, 0.717) is 29.1 Å². The molecule has 1 aliphatic carbocycles. The summed E-state index contributed by atoms with van der Waals surface area (Å²) in [5.41, 5.74) is 1.09. The molecule has 1 N–H and O–H groups in total. The van der Waals surface area contributed by atoms with Gasteiger partial charge in [0.15, 0.2) is 0 Å². The number of aliphatic carboxylic acids is 1. The number of hydrogen-bond acceptors (Lipinski definition) is 4. The van der Waals surface area contributed by atoms with E-state index in [1.165, 1.54) is 11.3 Å². The minimum atomic E-state index is -1.19. The Morgan fingerprint density at radius 2 is 1.96 bits per heavy atom. The van der Waals surface area contributed by atoms with Crippen molar-refractivity contribution < 1.29 is 9.90 Å². The third-order valence-corrected chi connectivity index (χ3v) is 6.70. The molecule has 7 heteroatoms. The lowest BCUT2D eigenvalue weighted by Gasteiger charge is -2.17. The van der Waals surface area contributed by atoms with E-state index in [9.17, 15) is 19.5 Å². The molecule has 0 fully saturated rings. The fourth-order valence-electron chi connectivity index (χ4n) is 3.96. The lowest BCUT2D eigenvalue weighted by Crippen LogP contribution is -2.41. The molecule has 2 heterocycles. The van der Waals surface area contributed by atoms with Gasteiger partial charge in [-0.15, -0.1) is 11.3 Å². The molecule has 28 heavy (non-hydrogen) atoms. The average molecular weight is 398 g/mol. The van der Waals surface area contributed by atoms with Crippen LogP contribution in [0.25, 0.3) is 10.2 Å². The SMILES string of the molecule is CC1CCc2c(sc3c2c(=O)n(CC(=O)O)c(=O)n3CCc2ccccc2)C1. The monoisotopic (exact) mass is 398 g/mol. The van der Waals surface area contributed by atoms with Gasteiger partial charge < -0.3 is 5.11 Å². The molecule has 0 bridgehead atoms. The van der Waals surface area contributed by atoms with Crippen LogP contribution in [0.15, 0.2) is 39.9 Å². The summed E-state index contributed by atoms with van der Waals surface area (Å²) >= 11 is 1.52. The van der Waals surface area contributed by atoms with E-state index < -0.39 is 23.8 Å². The Morgan fingerprint density at radius 3 is 2.68 bits per heavy atom. The van der Waals surface area contributed by atoms with E-state index in [1.807, 2.05) is 30.3 Å². The number of carboxylic acids is 1. The van der Waals surface area contributed by atoms with Crippen LogP contribution >= 0.6 is 11.3 Å². The highest BCUT2D eigenvalue weighted by Crippen LogP contribution is 2.36. The molecule has 0 amide bonds. The van der Waals surface area contributed by atoms with Crippen LogP contribution in [0.3, 0.4) is 0 Å². The van der Waals surface area contributed by atoms with Crippen LogP contribution in [0.2, 0.25) is 0 Å². The zero-order valence-electron chi connectivity index (χ0n) is 15.7. The van der Waals surface area contributed by atoms with Crippen LogP contribution in [0.1, 0.15) is 29.3 Å². The summed E-state index contributed by atoms with van der Waals surface area (Å²) in [6.07, 6.45) is 3.34. The van der Waals surface area contributed by atoms with Crippen molar-refractivity contribution in [1.29, 1.82) is 0 Å². The summed E-state index contributed by atoms with van der Waals surface area (Å²) in [7, 11) is 0. The van der Waals surface area contributed by atoms with Gasteiger partial charge in [0.25, 0.3) is 5.56 Å². The topological polar surface area (TPSA) is 81.3 Å². The Kier molecular flexibility index (Phi) is 4.93. The van der Waals surface area contributed by atoms with E-state index in [4.69, 9.17) is 0 Å². The van der Waals surface area contributed by atoms with Gasteiger partial charge in [-0.1, -0.05) is 37.3 Å². The van der Waals surface area contributed by atoms with Gasteiger partial charge in [0, 0.05) is 11.4 Å². The normalized spacial score (nSPS) is 16.2. The molecule has 1 atom stereocenters. The van der Waals surface area contributed by atoms with E-state index in [0.717, 1.165) is 39.8 Å². The third-order valence-electron chi connectivity index (χ3n) is 5.42. The fraction of sp³-hybridized carbons (Fsp3) is 0.381. The standard InChI is InChI=1S/C21H22N2O4S/c1-13-7-8-15-16(11-13)28-20-18(15)19(26)23(12-17(24)25)21(27)22(20)10-9-14-5-3-2-4-6-14/h2-6,13H,7-12H2,1H3,(H,24,25). The van der Waals surface area contributed by atoms with Crippen LogP contribution in [-0.2, 0) is 37.1 Å². The molecule has 1 aliphatic rings. The average Bonchev–Trinajstić information content (AvgIpc) is 3.04. The number of fused-ring (bicyclic) bond motifs is 3. The second-order valence-corrected chi connectivity index (χ2v) is 8.57. The maximum absolute atomic E-state index is 13.0. The summed E-state index contributed by atoms with van der Waals surface area (Å²) in [5, 5.41) is 9.75. The number of hydrogen-bond donors (Lipinski definition) is 1. The Hall–Kier alpha value is -2.67. The van der Waals surface area contributed by atoms with Gasteiger partial charge in [-0.3, -0.25) is 14.2 Å².